The first-order chi connectivity index (χ1) is 7.39. The molecule has 0 bridgehead atoms. The Morgan fingerprint density at radius 3 is 2.31 bits per heavy atom. The fraction of sp³-hybridized carbons (Fsp3) is 0.182. The van der Waals surface area contributed by atoms with E-state index in [1.54, 1.807) is 0 Å². The van der Waals surface area contributed by atoms with Crippen LogP contribution in [-0.4, -0.2) is 24.5 Å². The molecule has 1 rings (SSSR count). The first kappa shape index (κ1) is 14.1. The third kappa shape index (κ3) is 4.90. The van der Waals surface area contributed by atoms with Crippen molar-refractivity contribution in [2.75, 3.05) is 0 Å². The van der Waals surface area contributed by atoms with Crippen molar-refractivity contribution in [3.63, 3.8) is 0 Å². The van der Waals surface area contributed by atoms with Gasteiger partial charge in [-0.2, -0.15) is 0 Å². The molecule has 0 saturated heterocycles. The van der Waals surface area contributed by atoms with Gasteiger partial charge in [0.25, 0.3) is 0 Å². The zero-order chi connectivity index (χ0) is 12.2. The minimum atomic E-state index is -1.85. The van der Waals surface area contributed by atoms with E-state index >= 15 is 0 Å². The molecule has 0 unspecified atom stereocenters. The number of hydrogen-bond donors (Lipinski definition) is 0. The molecule has 0 heterocycles. The molecule has 0 N–H and O–H groups in total. The molecule has 0 atom stereocenters. The molecule has 86 valence electrons. The Balaban J connectivity index is 2.70. The van der Waals surface area contributed by atoms with E-state index in [9.17, 15) is 4.79 Å². The molecule has 0 aliphatic carbocycles. The average Bonchev–Trinajstić information content (AvgIpc) is 2.17. The summed E-state index contributed by atoms with van der Waals surface area (Å²) in [6.45, 7) is 1.86. The van der Waals surface area contributed by atoms with Crippen molar-refractivity contribution in [2.24, 2.45) is 0 Å². The maximum absolute atomic E-state index is 11.4. The summed E-state index contributed by atoms with van der Waals surface area (Å²) in [4.78, 5) is 11.4. The summed E-state index contributed by atoms with van der Waals surface area (Å²) >= 11 is 16.5. The molecule has 0 spiro atoms. The molecule has 0 aliphatic rings. The number of ketones is 1. The van der Waals surface area contributed by atoms with Crippen molar-refractivity contribution < 1.29 is 4.79 Å². The number of hydrogen-bond acceptors (Lipinski definition) is 1. The number of alkyl halides is 3. The Hall–Kier alpha value is 0.0195. The number of benzene rings is 1. The molecule has 0 amide bonds. The van der Waals surface area contributed by atoms with Crippen LogP contribution in [-0.2, 0) is 4.79 Å². The summed E-state index contributed by atoms with van der Waals surface area (Å²) in [7, 11) is 0. The molecule has 1 nitrogen and oxygen atoms in total. The van der Waals surface area contributed by atoms with Crippen LogP contribution in [0.1, 0.15) is 6.92 Å². The van der Waals surface area contributed by atoms with Gasteiger partial charge < -0.3 is 0 Å². The van der Waals surface area contributed by atoms with Crippen LogP contribution in [0.25, 0.3) is 0 Å². The molecule has 0 fully saturated rings. The Labute approximate surface area is 116 Å². The third-order valence-corrected chi connectivity index (χ3v) is 4.18. The van der Waals surface area contributed by atoms with Crippen LogP contribution in [0.15, 0.2) is 40.9 Å². The summed E-state index contributed by atoms with van der Waals surface area (Å²) in [5.74, 6) is -0.493. The summed E-state index contributed by atoms with van der Waals surface area (Å²) < 4.78 is 0.254. The summed E-state index contributed by atoms with van der Waals surface area (Å²) in [6.07, 6.45) is 1.40. The second-order valence-electron chi connectivity index (χ2n) is 3.03. The number of halogens is 3. The van der Waals surface area contributed by atoms with Crippen LogP contribution in [0, 0.1) is 0 Å². The fourth-order valence-corrected chi connectivity index (χ4v) is 2.88. The van der Waals surface area contributed by atoms with Crippen LogP contribution in [0.4, 0.5) is 0 Å². The molecular formula is C11H9Cl3OSe. The van der Waals surface area contributed by atoms with Crippen molar-refractivity contribution >= 4 is 60.0 Å². The number of carbonyl (C=O) groups is 1. The molecule has 0 aliphatic heterocycles. The predicted molar refractivity (Wildman–Crippen MR) is 70.9 cm³/mol. The maximum atomic E-state index is 11.4. The van der Waals surface area contributed by atoms with E-state index in [0.29, 0.717) is 0 Å². The Kier molecular flexibility index (Phi) is 5.36. The fourth-order valence-electron chi connectivity index (χ4n) is 0.970. The van der Waals surface area contributed by atoms with Gasteiger partial charge >= 0.3 is 116 Å². The summed E-state index contributed by atoms with van der Waals surface area (Å²) in [5.41, 5.74) is 0. The quantitative estimate of drug-likeness (QED) is 0.469. The van der Waals surface area contributed by atoms with Gasteiger partial charge in [-0.25, -0.2) is 0 Å². The van der Waals surface area contributed by atoms with Crippen LogP contribution in [0.2, 0.25) is 0 Å². The van der Waals surface area contributed by atoms with Gasteiger partial charge in [-0.1, -0.05) is 0 Å². The second kappa shape index (κ2) is 6.09. The van der Waals surface area contributed by atoms with E-state index in [-0.39, 0.29) is 15.0 Å². The van der Waals surface area contributed by atoms with E-state index in [0.717, 1.165) is 4.47 Å². The van der Waals surface area contributed by atoms with Crippen molar-refractivity contribution in [3.8, 4) is 0 Å². The number of rotatable bonds is 3. The van der Waals surface area contributed by atoms with Crippen LogP contribution >= 0.6 is 34.8 Å². The molecule has 0 saturated carbocycles. The summed E-state index contributed by atoms with van der Waals surface area (Å²) in [5, 5.41) is 0. The predicted octanol–water partition coefficient (Wildman–Crippen LogP) is 2.86. The van der Waals surface area contributed by atoms with E-state index in [1.165, 1.54) is 10.5 Å². The topological polar surface area (TPSA) is 17.1 Å². The SMILES string of the molecule is C/C(=C\C(=O)C(Cl)(Cl)Cl)[Se]c1ccccc1. The zero-order valence-corrected chi connectivity index (χ0v) is 12.4. The molecule has 1 aromatic carbocycles. The van der Waals surface area contributed by atoms with Gasteiger partial charge in [-0.3, -0.25) is 0 Å². The van der Waals surface area contributed by atoms with E-state index in [2.05, 4.69) is 0 Å². The second-order valence-corrected chi connectivity index (χ2v) is 8.08. The minimum absolute atomic E-state index is 0.0901. The number of allylic oxidation sites excluding steroid dienone is 2. The van der Waals surface area contributed by atoms with Crippen LogP contribution < -0.4 is 4.46 Å². The van der Waals surface area contributed by atoms with Gasteiger partial charge in [-0.15, -0.1) is 0 Å². The Morgan fingerprint density at radius 2 is 1.81 bits per heavy atom. The van der Waals surface area contributed by atoms with Gasteiger partial charge in [0.1, 0.15) is 0 Å². The molecule has 0 aromatic heterocycles. The van der Waals surface area contributed by atoms with Gasteiger partial charge in [0.05, 0.1) is 0 Å². The van der Waals surface area contributed by atoms with Gasteiger partial charge in [0.15, 0.2) is 0 Å². The van der Waals surface area contributed by atoms with Crippen molar-refractivity contribution in [3.05, 3.63) is 40.9 Å². The van der Waals surface area contributed by atoms with Gasteiger partial charge in [-0.05, 0) is 0 Å². The molecule has 0 radical (unpaired) electrons. The Morgan fingerprint density at radius 1 is 1.25 bits per heavy atom. The first-order valence-corrected chi connectivity index (χ1v) is 7.26. The molecule has 1 aromatic rings. The van der Waals surface area contributed by atoms with Gasteiger partial charge in [0, 0.05) is 0 Å². The van der Waals surface area contributed by atoms with Crippen molar-refractivity contribution in [2.45, 2.75) is 10.7 Å². The van der Waals surface area contributed by atoms with Gasteiger partial charge in [0.2, 0.25) is 0 Å². The molecular weight excluding hydrogens is 333 g/mol. The van der Waals surface area contributed by atoms with Crippen molar-refractivity contribution in [1.82, 2.24) is 0 Å². The van der Waals surface area contributed by atoms with E-state index < -0.39 is 9.58 Å². The molecule has 16 heavy (non-hydrogen) atoms. The average molecular weight is 343 g/mol. The normalized spacial score (nSPS) is 12.6. The third-order valence-electron chi connectivity index (χ3n) is 1.64. The standard InChI is InChI=1S/C11H9Cl3OSe/c1-8(7-10(15)11(12,13)14)16-9-5-3-2-4-6-9/h2-7H,1H3/b8-7+. The van der Waals surface area contributed by atoms with Crippen LogP contribution in [0.3, 0.4) is 0 Å². The molecule has 5 heteroatoms. The van der Waals surface area contributed by atoms with Crippen molar-refractivity contribution in [1.29, 1.82) is 0 Å². The van der Waals surface area contributed by atoms with E-state index in [1.807, 2.05) is 37.3 Å². The van der Waals surface area contributed by atoms with Crippen LogP contribution in [0.5, 0.6) is 0 Å². The number of carbonyl (C=O) groups excluding carboxylic acids is 1. The monoisotopic (exact) mass is 342 g/mol. The van der Waals surface area contributed by atoms with E-state index in [4.69, 9.17) is 34.8 Å². The Bertz CT molecular complexity index is 395. The summed E-state index contributed by atoms with van der Waals surface area (Å²) in [6, 6.07) is 9.89. The zero-order valence-electron chi connectivity index (χ0n) is 8.41. The first-order valence-electron chi connectivity index (χ1n) is 4.42.